The molecule has 2 rings (SSSR count). The molecule has 2 aromatic carbocycles. The van der Waals surface area contributed by atoms with Crippen molar-refractivity contribution in [3.63, 3.8) is 0 Å². The Balaban J connectivity index is 2.01. The molecule has 7 heteroatoms. The first kappa shape index (κ1) is 22.1. The van der Waals surface area contributed by atoms with Crippen molar-refractivity contribution in [2.45, 2.75) is 32.4 Å². The van der Waals surface area contributed by atoms with Crippen molar-refractivity contribution in [1.82, 2.24) is 5.32 Å². The maximum absolute atomic E-state index is 8.79. The Hall–Kier alpha value is -1.17. The molecule has 0 unspecified atom stereocenters. The van der Waals surface area contributed by atoms with Crippen LogP contribution < -0.4 is 14.8 Å². The summed E-state index contributed by atoms with van der Waals surface area (Å²) in [5, 5.41) is 13.7. The monoisotopic (exact) mass is 431 g/mol. The highest BCUT2D eigenvalue weighted by Gasteiger charge is 2.14. The Kier molecular flexibility index (Phi) is 9.52. The van der Waals surface area contributed by atoms with Crippen molar-refractivity contribution in [3.8, 4) is 11.5 Å². The van der Waals surface area contributed by atoms with Crippen molar-refractivity contribution in [2.24, 2.45) is 0 Å². The number of halogens is 3. The lowest BCUT2D eigenvalue weighted by Gasteiger charge is -2.15. The summed E-state index contributed by atoms with van der Waals surface area (Å²) < 4.78 is 11.3. The summed E-state index contributed by atoms with van der Waals surface area (Å²) in [6, 6.07) is 9.07. The minimum atomic E-state index is 0.192. The minimum absolute atomic E-state index is 0.192. The van der Waals surface area contributed by atoms with Crippen LogP contribution in [0.25, 0.3) is 0 Å². The first-order valence-electron chi connectivity index (χ1n) is 8.80. The molecule has 2 aromatic rings. The number of aliphatic hydroxyl groups is 1. The van der Waals surface area contributed by atoms with Crippen molar-refractivity contribution >= 4 is 34.8 Å². The highest BCUT2D eigenvalue weighted by molar-refractivity contribution is 6.36. The molecule has 27 heavy (non-hydrogen) atoms. The zero-order chi connectivity index (χ0) is 19.6. The molecule has 0 aliphatic heterocycles. The van der Waals surface area contributed by atoms with Gasteiger partial charge in [0.2, 0.25) is 0 Å². The molecule has 0 atom stereocenters. The molecule has 0 bridgehead atoms. The fourth-order valence-corrected chi connectivity index (χ4v) is 3.40. The molecule has 0 aromatic heterocycles. The van der Waals surface area contributed by atoms with Gasteiger partial charge in [-0.3, -0.25) is 0 Å². The van der Waals surface area contributed by atoms with E-state index in [0.29, 0.717) is 38.7 Å². The summed E-state index contributed by atoms with van der Waals surface area (Å²) in [5.74, 6) is 1.02. The lowest BCUT2D eigenvalue weighted by molar-refractivity contribution is 0.282. The summed E-state index contributed by atoms with van der Waals surface area (Å²) in [5.41, 5.74) is 1.70. The van der Waals surface area contributed by atoms with Crippen molar-refractivity contribution in [3.05, 3.63) is 56.5 Å². The van der Waals surface area contributed by atoms with E-state index < -0.39 is 0 Å². The van der Waals surface area contributed by atoms with Gasteiger partial charge >= 0.3 is 0 Å². The number of rotatable bonds is 11. The molecule has 0 radical (unpaired) electrons. The first-order valence-corrected chi connectivity index (χ1v) is 9.94. The summed E-state index contributed by atoms with van der Waals surface area (Å²) in [4.78, 5) is 0. The van der Waals surface area contributed by atoms with Gasteiger partial charge in [-0.2, -0.15) is 0 Å². The number of hydrogen-bond donors (Lipinski definition) is 2. The van der Waals surface area contributed by atoms with Crippen molar-refractivity contribution in [2.75, 3.05) is 20.3 Å². The second-order valence-corrected chi connectivity index (χ2v) is 7.28. The topological polar surface area (TPSA) is 50.7 Å². The molecule has 2 N–H and O–H groups in total. The fraction of sp³-hybridized carbons (Fsp3) is 0.400. The van der Waals surface area contributed by atoms with E-state index in [1.165, 1.54) is 0 Å². The van der Waals surface area contributed by atoms with Gasteiger partial charge in [0.25, 0.3) is 0 Å². The van der Waals surface area contributed by atoms with Crippen LogP contribution >= 0.6 is 34.8 Å². The van der Waals surface area contributed by atoms with Crippen LogP contribution in [0, 0.1) is 0 Å². The molecular formula is C20H24Cl3NO3. The quantitative estimate of drug-likeness (QED) is 0.461. The Bertz CT molecular complexity index is 720. The predicted molar refractivity (Wildman–Crippen MR) is 111 cm³/mol. The Morgan fingerprint density at radius 3 is 2.41 bits per heavy atom. The van der Waals surface area contributed by atoms with E-state index in [2.05, 4.69) is 5.32 Å². The number of hydrogen-bond acceptors (Lipinski definition) is 4. The van der Waals surface area contributed by atoms with E-state index in [4.69, 9.17) is 49.4 Å². The van der Waals surface area contributed by atoms with Crippen LogP contribution in [0.15, 0.2) is 30.3 Å². The van der Waals surface area contributed by atoms with E-state index >= 15 is 0 Å². The Morgan fingerprint density at radius 2 is 1.74 bits per heavy atom. The van der Waals surface area contributed by atoms with Crippen LogP contribution in [0.1, 0.15) is 30.4 Å². The molecule has 0 aliphatic rings. The number of nitrogens with one attached hydrogen (secondary N) is 1. The van der Waals surface area contributed by atoms with Crippen LogP contribution in [0.5, 0.6) is 11.5 Å². The van der Waals surface area contributed by atoms with Gasteiger partial charge in [0.1, 0.15) is 6.61 Å². The van der Waals surface area contributed by atoms with Crippen LogP contribution in [0.4, 0.5) is 0 Å². The zero-order valence-electron chi connectivity index (χ0n) is 15.2. The average molecular weight is 433 g/mol. The van der Waals surface area contributed by atoms with Gasteiger partial charge in [-0.1, -0.05) is 40.9 Å². The number of ether oxygens (including phenoxy) is 2. The molecule has 0 spiro atoms. The maximum Gasteiger partial charge on any atom is 0.180 e. The number of unbranched alkanes of at least 4 members (excludes halogenated alkanes) is 2. The smallest absolute Gasteiger partial charge is 0.180 e. The highest BCUT2D eigenvalue weighted by Crippen LogP contribution is 2.38. The maximum atomic E-state index is 8.79. The lowest BCUT2D eigenvalue weighted by Crippen LogP contribution is -2.15. The highest BCUT2D eigenvalue weighted by atomic mass is 35.5. The third kappa shape index (κ3) is 6.74. The molecule has 4 nitrogen and oxygen atoms in total. The zero-order valence-corrected chi connectivity index (χ0v) is 17.5. The number of aliphatic hydroxyl groups excluding tert-OH is 1. The Labute approximate surface area is 175 Å². The molecule has 0 amide bonds. The van der Waals surface area contributed by atoms with Crippen LogP contribution in [-0.4, -0.2) is 25.4 Å². The first-order chi connectivity index (χ1) is 13.1. The standard InChI is InChI=1S/C20H24Cl3NO3/c1-26-19-11-14(12-24-8-3-2-4-9-25)10-18(23)20(19)27-13-15-16(21)6-5-7-17(15)22/h5-7,10-11,24-25H,2-4,8-9,12-13H2,1H3. The van der Waals surface area contributed by atoms with E-state index in [9.17, 15) is 0 Å². The fourth-order valence-electron chi connectivity index (χ4n) is 2.60. The van der Waals surface area contributed by atoms with Gasteiger partial charge < -0.3 is 19.9 Å². The van der Waals surface area contributed by atoms with E-state index in [1.54, 1.807) is 25.3 Å². The molecule has 0 saturated carbocycles. The average Bonchev–Trinajstić information content (AvgIpc) is 2.65. The predicted octanol–water partition coefficient (Wildman–Crippen LogP) is 5.49. The minimum Gasteiger partial charge on any atom is -0.493 e. The second-order valence-electron chi connectivity index (χ2n) is 6.06. The van der Waals surface area contributed by atoms with Gasteiger partial charge in [-0.15, -0.1) is 0 Å². The number of methoxy groups -OCH3 is 1. The van der Waals surface area contributed by atoms with E-state index in [-0.39, 0.29) is 13.2 Å². The molecular weight excluding hydrogens is 409 g/mol. The molecule has 0 saturated heterocycles. The van der Waals surface area contributed by atoms with Crippen molar-refractivity contribution < 1.29 is 14.6 Å². The number of benzene rings is 2. The van der Waals surface area contributed by atoms with Gasteiger partial charge in [0, 0.05) is 28.8 Å². The Morgan fingerprint density at radius 1 is 1.00 bits per heavy atom. The SMILES string of the molecule is COc1cc(CNCCCCCO)cc(Cl)c1OCc1c(Cl)cccc1Cl. The van der Waals surface area contributed by atoms with Crippen molar-refractivity contribution in [1.29, 1.82) is 0 Å². The summed E-state index contributed by atoms with van der Waals surface area (Å²) >= 11 is 18.8. The molecule has 0 aliphatic carbocycles. The molecule has 0 heterocycles. The third-order valence-electron chi connectivity index (χ3n) is 4.05. The second kappa shape index (κ2) is 11.6. The lowest BCUT2D eigenvalue weighted by atomic mass is 10.2. The van der Waals surface area contributed by atoms with Gasteiger partial charge in [-0.05, 0) is 55.6 Å². The van der Waals surface area contributed by atoms with E-state index in [0.717, 1.165) is 31.4 Å². The third-order valence-corrected chi connectivity index (χ3v) is 5.04. The van der Waals surface area contributed by atoms with Gasteiger partial charge in [-0.25, -0.2) is 0 Å². The molecule has 148 valence electrons. The summed E-state index contributed by atoms with van der Waals surface area (Å²) in [6.45, 7) is 1.99. The van der Waals surface area contributed by atoms with Gasteiger partial charge in [0.15, 0.2) is 11.5 Å². The summed E-state index contributed by atoms with van der Waals surface area (Å²) in [6.07, 6.45) is 2.86. The van der Waals surface area contributed by atoms with Crippen LogP contribution in [0.3, 0.4) is 0 Å². The van der Waals surface area contributed by atoms with Gasteiger partial charge in [0.05, 0.1) is 12.1 Å². The normalized spacial score (nSPS) is 10.9. The summed E-state index contributed by atoms with van der Waals surface area (Å²) in [7, 11) is 1.58. The molecule has 0 fully saturated rings. The van der Waals surface area contributed by atoms with E-state index in [1.807, 2.05) is 12.1 Å². The van der Waals surface area contributed by atoms with Crippen LogP contribution in [0.2, 0.25) is 15.1 Å². The van der Waals surface area contributed by atoms with Crippen LogP contribution in [-0.2, 0) is 13.2 Å². The largest absolute Gasteiger partial charge is 0.493 e.